The summed E-state index contributed by atoms with van der Waals surface area (Å²) in [4.78, 5) is 11.5. The van der Waals surface area contributed by atoms with E-state index in [1.165, 1.54) is 6.26 Å². The molecule has 0 fully saturated rings. The summed E-state index contributed by atoms with van der Waals surface area (Å²) in [5, 5.41) is 0. The fraction of sp³-hybridized carbons (Fsp3) is 0.0714. The Morgan fingerprint density at radius 1 is 1.12 bits per heavy atom. The van der Waals surface area contributed by atoms with Gasteiger partial charge in [-0.2, -0.15) is 0 Å². The number of rotatable bonds is 3. The van der Waals surface area contributed by atoms with E-state index in [2.05, 4.69) is 0 Å². The third-order valence-corrected chi connectivity index (χ3v) is 2.26. The maximum Gasteiger partial charge on any atom is 0.321 e. The predicted molar refractivity (Wildman–Crippen MR) is 63.3 cm³/mol. The van der Waals surface area contributed by atoms with Crippen LogP contribution in [0.25, 0.3) is 6.08 Å². The zero-order valence-electron chi connectivity index (χ0n) is 8.74. The van der Waals surface area contributed by atoms with Gasteiger partial charge in [0.15, 0.2) is 0 Å². The van der Waals surface area contributed by atoms with Crippen LogP contribution in [0.4, 0.5) is 0 Å². The van der Waals surface area contributed by atoms with Crippen LogP contribution in [0.1, 0.15) is 5.56 Å². The predicted octanol–water partition coefficient (Wildman–Crippen LogP) is 2.94. The largest absolute Gasteiger partial charge is 0.434 e. The maximum absolute atomic E-state index is 11.5. The Kier molecular flexibility index (Phi) is 3.34. The number of hydrogen-bond acceptors (Lipinski definition) is 2. The van der Waals surface area contributed by atoms with Gasteiger partial charge in [0.25, 0.3) is 0 Å². The summed E-state index contributed by atoms with van der Waals surface area (Å²) in [6.45, 7) is 0. The fourth-order valence-electron chi connectivity index (χ4n) is 1.41. The quantitative estimate of drug-likeness (QED) is 0.568. The summed E-state index contributed by atoms with van der Waals surface area (Å²) in [5.74, 6) is -0.488. The Morgan fingerprint density at radius 3 is 2.50 bits per heavy atom. The van der Waals surface area contributed by atoms with E-state index in [9.17, 15) is 4.79 Å². The molecule has 1 aromatic rings. The van der Waals surface area contributed by atoms with Crippen molar-refractivity contribution >= 4 is 12.0 Å². The lowest BCUT2D eigenvalue weighted by Gasteiger charge is -2.01. The van der Waals surface area contributed by atoms with Crippen LogP contribution >= 0.6 is 0 Å². The highest BCUT2D eigenvalue weighted by atomic mass is 16.5. The van der Waals surface area contributed by atoms with E-state index < -0.39 is 0 Å². The van der Waals surface area contributed by atoms with E-state index in [-0.39, 0.29) is 11.9 Å². The van der Waals surface area contributed by atoms with E-state index in [1.54, 1.807) is 18.2 Å². The molecule has 2 rings (SSSR count). The molecule has 0 spiro atoms. The van der Waals surface area contributed by atoms with Crippen LogP contribution < -0.4 is 0 Å². The van der Waals surface area contributed by atoms with E-state index in [0.29, 0.717) is 0 Å². The van der Waals surface area contributed by atoms with Crippen molar-refractivity contribution in [2.24, 2.45) is 5.92 Å². The molecular weight excluding hydrogens is 200 g/mol. The molecule has 2 nitrogen and oxygen atoms in total. The van der Waals surface area contributed by atoms with Gasteiger partial charge in [0.05, 0.1) is 12.2 Å². The van der Waals surface area contributed by atoms with Crippen molar-refractivity contribution in [2.45, 2.75) is 0 Å². The van der Waals surface area contributed by atoms with Crippen molar-refractivity contribution < 1.29 is 9.53 Å². The van der Waals surface area contributed by atoms with Crippen LogP contribution in [0.15, 0.2) is 60.9 Å². The summed E-state index contributed by atoms with van der Waals surface area (Å²) in [7, 11) is 0. The van der Waals surface area contributed by atoms with Gasteiger partial charge in [-0.1, -0.05) is 54.6 Å². The molecule has 1 aliphatic rings. The fourth-order valence-corrected chi connectivity index (χ4v) is 1.41. The monoisotopic (exact) mass is 212 g/mol. The van der Waals surface area contributed by atoms with Crippen molar-refractivity contribution in [3.8, 4) is 0 Å². The van der Waals surface area contributed by atoms with Gasteiger partial charge in [-0.3, -0.25) is 4.79 Å². The first-order chi connectivity index (χ1) is 7.86. The first-order valence-corrected chi connectivity index (χ1v) is 5.13. The molecule has 2 heteroatoms. The lowest BCUT2D eigenvalue weighted by molar-refractivity contribution is -0.139. The third kappa shape index (κ3) is 2.70. The minimum Gasteiger partial charge on any atom is -0.434 e. The molecular formula is C14H12O2. The first-order valence-electron chi connectivity index (χ1n) is 5.13. The molecule has 1 aliphatic carbocycles. The molecule has 0 saturated carbocycles. The molecule has 0 atom stereocenters. The normalized spacial score (nSPS) is 14.8. The van der Waals surface area contributed by atoms with Crippen molar-refractivity contribution in [3.63, 3.8) is 0 Å². The van der Waals surface area contributed by atoms with Crippen LogP contribution in [0.2, 0.25) is 0 Å². The molecule has 0 unspecified atom stereocenters. The second kappa shape index (κ2) is 5.12. The number of carbonyl (C=O) groups excluding carboxylic acids is 1. The van der Waals surface area contributed by atoms with E-state index in [4.69, 9.17) is 4.74 Å². The highest BCUT2D eigenvalue weighted by Crippen LogP contribution is 2.11. The molecule has 0 saturated heterocycles. The standard InChI is InChI=1S/C14H12O2/c15-14(13-8-4-5-9-13)16-11-10-12-6-2-1-3-7-12/h1-11,13H/b11-10+. The molecule has 16 heavy (non-hydrogen) atoms. The summed E-state index contributed by atoms with van der Waals surface area (Å²) >= 11 is 0. The number of carbonyl (C=O) groups is 1. The number of allylic oxidation sites excluding steroid dienone is 2. The topological polar surface area (TPSA) is 26.3 Å². The second-order valence-corrected chi connectivity index (χ2v) is 3.45. The smallest absolute Gasteiger partial charge is 0.321 e. The second-order valence-electron chi connectivity index (χ2n) is 3.45. The van der Waals surface area contributed by atoms with E-state index in [0.717, 1.165) is 5.56 Å². The van der Waals surface area contributed by atoms with Crippen molar-refractivity contribution in [1.29, 1.82) is 0 Å². The van der Waals surface area contributed by atoms with Gasteiger partial charge in [-0.05, 0) is 11.6 Å². The average Bonchev–Trinajstić information content (AvgIpc) is 2.84. The van der Waals surface area contributed by atoms with Crippen LogP contribution in [0.3, 0.4) is 0 Å². The number of ether oxygens (including phenoxy) is 1. The zero-order valence-corrected chi connectivity index (χ0v) is 8.74. The van der Waals surface area contributed by atoms with Gasteiger partial charge in [0.2, 0.25) is 0 Å². The minimum atomic E-state index is -0.253. The minimum absolute atomic E-state index is 0.236. The SMILES string of the molecule is O=C(O/C=C/c1ccccc1)C1C=CC=C1. The van der Waals surface area contributed by atoms with Gasteiger partial charge < -0.3 is 4.74 Å². The van der Waals surface area contributed by atoms with Crippen molar-refractivity contribution in [3.05, 3.63) is 66.5 Å². The van der Waals surface area contributed by atoms with Crippen molar-refractivity contribution in [2.75, 3.05) is 0 Å². The Morgan fingerprint density at radius 2 is 1.81 bits per heavy atom. The van der Waals surface area contributed by atoms with Gasteiger partial charge in [-0.15, -0.1) is 0 Å². The molecule has 0 aliphatic heterocycles. The molecule has 0 bridgehead atoms. The Bertz CT molecular complexity index is 429. The lowest BCUT2D eigenvalue weighted by Crippen LogP contribution is -2.09. The molecule has 1 aromatic carbocycles. The van der Waals surface area contributed by atoms with Crippen LogP contribution in [-0.4, -0.2) is 5.97 Å². The van der Waals surface area contributed by atoms with Gasteiger partial charge in [-0.25, -0.2) is 0 Å². The van der Waals surface area contributed by atoms with Gasteiger partial charge in [0, 0.05) is 0 Å². The Hall–Kier alpha value is -2.09. The summed E-state index contributed by atoms with van der Waals surface area (Å²) in [6, 6.07) is 9.70. The van der Waals surface area contributed by atoms with Gasteiger partial charge >= 0.3 is 5.97 Å². The molecule has 0 heterocycles. The summed E-state index contributed by atoms with van der Waals surface area (Å²) in [5.41, 5.74) is 1.01. The van der Waals surface area contributed by atoms with E-state index >= 15 is 0 Å². The Balaban J connectivity index is 1.88. The molecule has 80 valence electrons. The van der Waals surface area contributed by atoms with Crippen molar-refractivity contribution in [1.82, 2.24) is 0 Å². The highest BCUT2D eigenvalue weighted by molar-refractivity contribution is 5.78. The molecule has 0 aromatic heterocycles. The maximum atomic E-state index is 11.5. The number of esters is 1. The summed E-state index contributed by atoms with van der Waals surface area (Å²) < 4.78 is 5.01. The zero-order chi connectivity index (χ0) is 11.2. The first kappa shape index (κ1) is 10.4. The summed E-state index contributed by atoms with van der Waals surface area (Å²) in [6.07, 6.45) is 10.5. The number of hydrogen-bond donors (Lipinski definition) is 0. The highest BCUT2D eigenvalue weighted by Gasteiger charge is 2.14. The number of benzene rings is 1. The Labute approximate surface area is 94.6 Å². The molecule has 0 N–H and O–H groups in total. The van der Waals surface area contributed by atoms with Crippen LogP contribution in [-0.2, 0) is 9.53 Å². The average molecular weight is 212 g/mol. The third-order valence-electron chi connectivity index (χ3n) is 2.26. The van der Waals surface area contributed by atoms with Crippen LogP contribution in [0.5, 0.6) is 0 Å². The van der Waals surface area contributed by atoms with Crippen LogP contribution in [0, 0.1) is 5.92 Å². The lowest BCUT2D eigenvalue weighted by atomic mass is 10.2. The molecule has 0 radical (unpaired) electrons. The van der Waals surface area contributed by atoms with Gasteiger partial charge in [0.1, 0.15) is 0 Å². The van der Waals surface area contributed by atoms with E-state index in [1.807, 2.05) is 42.5 Å². The molecule has 0 amide bonds.